The largest absolute Gasteiger partial charge is 0.417 e. The van der Waals surface area contributed by atoms with Gasteiger partial charge in [0, 0.05) is 122 Å². The number of hydrogen-bond donors (Lipinski definition) is 0. The first-order chi connectivity index (χ1) is 65.9. The summed E-state index contributed by atoms with van der Waals surface area (Å²) in [5.74, 6) is 5.17. The molecule has 0 spiro atoms. The molecule has 0 aliphatic heterocycles. The molecule has 0 fully saturated rings. The fourth-order valence-corrected chi connectivity index (χ4v) is 17.3. The molecule has 0 aliphatic rings. The Morgan fingerprint density at radius 1 is 0.187 bits per heavy atom. The van der Waals surface area contributed by atoms with Crippen molar-refractivity contribution in [2.45, 2.75) is 6.18 Å². The molecule has 21 heteroatoms. The number of rotatable bonds is 18. The molecule has 7 heterocycles. The molecule has 18 nitrogen and oxygen atoms in total. The summed E-state index contributed by atoms with van der Waals surface area (Å²) in [4.78, 5) is 77.3. The van der Waals surface area contributed by atoms with Gasteiger partial charge < -0.3 is 9.13 Å². The zero-order valence-electron chi connectivity index (χ0n) is 70.9. The van der Waals surface area contributed by atoms with Crippen LogP contribution in [0.3, 0.4) is 0 Å². The molecule has 16 aromatic carbocycles. The number of fused-ring (bicyclic) bond motifs is 6. The van der Waals surface area contributed by atoms with Crippen molar-refractivity contribution in [3.05, 3.63) is 418 Å². The van der Waals surface area contributed by atoms with E-state index < -0.39 is 11.7 Å². The second-order valence-corrected chi connectivity index (χ2v) is 32.0. The average Bonchev–Trinajstić information content (AvgIpc) is 1.56. The minimum Gasteiger partial charge on any atom is -0.309 e. The van der Waals surface area contributed by atoms with Crippen molar-refractivity contribution < 1.29 is 13.2 Å². The van der Waals surface area contributed by atoms with E-state index in [2.05, 4.69) is 22.8 Å². The van der Waals surface area contributed by atoms with Crippen molar-refractivity contribution >= 4 is 43.6 Å². The van der Waals surface area contributed by atoms with E-state index in [4.69, 9.17) is 74.8 Å². The Morgan fingerprint density at radius 2 is 0.403 bits per heavy atom. The number of hydrogen-bond acceptors (Lipinski definition) is 16. The lowest BCUT2D eigenvalue weighted by Crippen LogP contribution is -2.10. The molecule has 0 N–H and O–H groups in total. The van der Waals surface area contributed by atoms with Gasteiger partial charge in [-0.2, -0.15) is 18.4 Å². The Morgan fingerprint density at radius 3 is 0.664 bits per heavy atom. The molecule has 0 atom stereocenters. The van der Waals surface area contributed by atoms with E-state index >= 15 is 13.2 Å². The predicted molar refractivity (Wildman–Crippen MR) is 519 cm³/mol. The van der Waals surface area contributed by atoms with Gasteiger partial charge in [-0.15, -0.1) is 0 Å². The molecule has 23 rings (SSSR count). The first-order valence-electron chi connectivity index (χ1n) is 43.3. The molecule has 0 saturated heterocycles. The molecule has 0 bridgehead atoms. The summed E-state index contributed by atoms with van der Waals surface area (Å²) in [6.45, 7) is 0. The summed E-state index contributed by atoms with van der Waals surface area (Å²) in [6.07, 6.45) is -4.98. The van der Waals surface area contributed by atoms with Crippen molar-refractivity contribution in [2.75, 3.05) is 0 Å². The van der Waals surface area contributed by atoms with Gasteiger partial charge in [0.2, 0.25) is 0 Å². The third-order valence-corrected chi connectivity index (χ3v) is 23.7. The molecule has 23 aromatic rings. The minimum atomic E-state index is -4.98. The molecule has 0 amide bonds. The first kappa shape index (κ1) is 80.0. The molecule has 0 saturated carbocycles. The lowest BCUT2D eigenvalue weighted by Gasteiger charge is -2.18. The molecule has 134 heavy (non-hydrogen) atoms. The van der Waals surface area contributed by atoms with Crippen LogP contribution >= 0.6 is 0 Å². The van der Waals surface area contributed by atoms with Crippen LogP contribution in [0.25, 0.3) is 237 Å². The van der Waals surface area contributed by atoms with Crippen LogP contribution in [-0.4, -0.2) is 83.9 Å². The fraction of sp³-hybridized carbons (Fsp3) is 0.00885. The third kappa shape index (κ3) is 15.3. The van der Waals surface area contributed by atoms with Gasteiger partial charge in [-0.3, -0.25) is 0 Å². The molecule has 7 aromatic heterocycles. The van der Waals surface area contributed by atoms with Crippen molar-refractivity contribution in [2.24, 2.45) is 0 Å². The standard InChI is InChI=1S/C113H67F3N18/c114-113(115,116)93-57-55-84(134-96-60-52-80(109-126-102(73-38-18-5-19-39-73)120-103(127-109)74-40-20-6-21-41-74)64-89(96)90-65-81(53-61-97(90)134)110-128-104(75-42-22-7-23-43-75)121-105(129-110)76-44-24-8-25-45-76)67-92(93)112-131-106(77-46-26-9-27-47-77)130-111(132-112)91-66-83(54-56-86(91)85-49-29-28-48-82(85)68-117)133-94-58-50-78(107-122-98(69-30-10-1-11-31-69)118-99(123-107)70-32-12-2-13-33-70)62-87(94)88-63-79(51-59-95(88)133)108-124-100(71-34-14-3-15-35-71)119-101(125-108)72-36-16-4-17-37-72/h1-67H. The number of nitriles is 1. The van der Waals surface area contributed by atoms with E-state index in [9.17, 15) is 5.26 Å². The summed E-state index contributed by atoms with van der Waals surface area (Å²) in [6, 6.07) is 131. The maximum atomic E-state index is 16.8. The van der Waals surface area contributed by atoms with Gasteiger partial charge in [-0.25, -0.2) is 74.8 Å². The van der Waals surface area contributed by atoms with Crippen molar-refractivity contribution in [3.8, 4) is 199 Å². The van der Waals surface area contributed by atoms with Crippen LogP contribution < -0.4 is 0 Å². The second-order valence-electron chi connectivity index (χ2n) is 32.0. The Balaban J connectivity index is 0.738. The third-order valence-electron chi connectivity index (χ3n) is 23.7. The number of benzene rings is 16. The number of halogens is 3. The van der Waals surface area contributed by atoms with Crippen LogP contribution in [0.5, 0.6) is 0 Å². The lowest BCUT2D eigenvalue weighted by atomic mass is 9.94. The van der Waals surface area contributed by atoms with Gasteiger partial charge in [0.15, 0.2) is 87.4 Å². The van der Waals surface area contributed by atoms with E-state index in [1.165, 1.54) is 12.1 Å². The van der Waals surface area contributed by atoms with Gasteiger partial charge in [-0.1, -0.05) is 297 Å². The van der Waals surface area contributed by atoms with Gasteiger partial charge in [0.25, 0.3) is 0 Å². The Labute approximate surface area is 764 Å². The van der Waals surface area contributed by atoms with Crippen LogP contribution in [0.2, 0.25) is 0 Å². The highest BCUT2D eigenvalue weighted by Crippen LogP contribution is 2.46. The van der Waals surface area contributed by atoms with Gasteiger partial charge in [0.05, 0.1) is 39.3 Å². The molecule has 0 radical (unpaired) electrons. The maximum Gasteiger partial charge on any atom is 0.417 e. The Hall–Kier alpha value is -18.6. The van der Waals surface area contributed by atoms with Crippen molar-refractivity contribution in [1.29, 1.82) is 5.26 Å². The first-order valence-corrected chi connectivity index (χ1v) is 43.3. The molecule has 630 valence electrons. The maximum absolute atomic E-state index is 16.8. The highest BCUT2D eigenvalue weighted by Gasteiger charge is 2.36. The zero-order chi connectivity index (χ0) is 89.7. The van der Waals surface area contributed by atoms with E-state index in [0.29, 0.717) is 153 Å². The van der Waals surface area contributed by atoms with Crippen molar-refractivity contribution in [1.82, 2.24) is 83.9 Å². The monoisotopic (exact) mass is 1730 g/mol. The number of aromatic nitrogens is 17. The van der Waals surface area contributed by atoms with Crippen LogP contribution in [0.1, 0.15) is 11.1 Å². The number of nitrogens with zero attached hydrogens (tertiary/aromatic N) is 18. The van der Waals surface area contributed by atoms with Crippen LogP contribution in [-0.2, 0) is 6.18 Å². The highest BCUT2D eigenvalue weighted by molar-refractivity contribution is 6.13. The van der Waals surface area contributed by atoms with Crippen LogP contribution in [0.15, 0.2) is 406 Å². The lowest BCUT2D eigenvalue weighted by molar-refractivity contribution is -0.137. The Bertz CT molecular complexity index is 7930. The van der Waals surface area contributed by atoms with E-state index in [1.807, 2.05) is 356 Å². The Kier molecular flexibility index (Phi) is 20.3. The van der Waals surface area contributed by atoms with E-state index in [1.54, 1.807) is 24.3 Å². The summed E-state index contributed by atoms with van der Waals surface area (Å²) in [5, 5.41) is 14.1. The van der Waals surface area contributed by atoms with Gasteiger partial charge >= 0.3 is 6.18 Å². The van der Waals surface area contributed by atoms with Gasteiger partial charge in [0.1, 0.15) is 0 Å². The second kappa shape index (κ2) is 33.9. The smallest absolute Gasteiger partial charge is 0.309 e. The summed E-state index contributed by atoms with van der Waals surface area (Å²) in [7, 11) is 0. The minimum absolute atomic E-state index is 0.00383. The molecule has 0 unspecified atom stereocenters. The summed E-state index contributed by atoms with van der Waals surface area (Å²) >= 11 is 0. The molecular formula is C113H67F3N18. The average molecular weight is 1730 g/mol. The predicted octanol–water partition coefficient (Wildman–Crippen LogP) is 26.4. The SMILES string of the molecule is N#Cc1ccccc1-c1ccc(-n2c3ccc(-c4nc(-c5ccccc5)nc(-c5ccccc5)n4)cc3c3cc(-c4nc(-c5ccccc5)nc(-c5ccccc5)n4)ccc32)cc1-c1nc(-c2ccccc2)nc(-c2cc(-n3c4ccc(-c5nc(-c6ccccc6)nc(-c6ccccc6)n5)cc4c4cc(-c5nc(-c6ccccc6)nc(-c6ccccc6)n5)ccc43)ccc2C(F)(F)F)n1. The topological polar surface area (TPSA) is 227 Å². The summed E-state index contributed by atoms with van der Waals surface area (Å²) < 4.78 is 54.4. The van der Waals surface area contributed by atoms with Gasteiger partial charge in [-0.05, 0) is 115 Å². The summed E-state index contributed by atoms with van der Waals surface area (Å²) in [5.41, 5.74) is 13.5. The van der Waals surface area contributed by atoms with Crippen LogP contribution in [0.4, 0.5) is 13.2 Å². The molecule has 0 aliphatic carbocycles. The zero-order valence-corrected chi connectivity index (χ0v) is 70.9. The number of alkyl halides is 3. The normalized spacial score (nSPS) is 11.5. The quantitative estimate of drug-likeness (QED) is 0.0778. The molecular weight excluding hydrogens is 1670 g/mol. The van der Waals surface area contributed by atoms with E-state index in [-0.39, 0.29) is 23.0 Å². The highest BCUT2D eigenvalue weighted by atomic mass is 19.4. The van der Waals surface area contributed by atoms with E-state index in [0.717, 1.165) is 72.4 Å². The van der Waals surface area contributed by atoms with Crippen LogP contribution in [0, 0.1) is 11.3 Å². The van der Waals surface area contributed by atoms with Crippen molar-refractivity contribution in [3.63, 3.8) is 0 Å². The fourth-order valence-electron chi connectivity index (χ4n) is 17.3.